The molecule has 0 saturated heterocycles. The smallest absolute Gasteiger partial charge is 0.411 e. The number of hydrogen-bond acceptors (Lipinski definition) is 3. The van der Waals surface area contributed by atoms with Gasteiger partial charge < -0.3 is 15.2 Å². The van der Waals surface area contributed by atoms with Crippen LogP contribution in [-0.4, -0.2) is 31.0 Å². The van der Waals surface area contributed by atoms with Crippen molar-refractivity contribution < 1.29 is 23.0 Å². The lowest BCUT2D eigenvalue weighted by Crippen LogP contribution is -2.29. The summed E-state index contributed by atoms with van der Waals surface area (Å²) in [5.74, 6) is 0.214. The number of phenols is 1. The third-order valence-electron chi connectivity index (χ3n) is 3.35. The number of aryl methyl sites for hydroxylation is 1. The number of rotatable bonds is 5. The Labute approximate surface area is 115 Å². The zero-order valence-electron chi connectivity index (χ0n) is 11.0. The third kappa shape index (κ3) is 4.38. The molecule has 3 nitrogen and oxygen atoms in total. The van der Waals surface area contributed by atoms with E-state index >= 15 is 0 Å². The molecular formula is C14H18F3NO2. The predicted molar refractivity (Wildman–Crippen MR) is 68.7 cm³/mol. The largest absolute Gasteiger partial charge is 0.508 e. The highest BCUT2D eigenvalue weighted by Gasteiger charge is 2.27. The van der Waals surface area contributed by atoms with Crippen molar-refractivity contribution in [1.82, 2.24) is 5.32 Å². The average Bonchev–Trinajstić information content (AvgIpc) is 2.37. The fourth-order valence-corrected chi connectivity index (χ4v) is 2.49. The zero-order chi connectivity index (χ0) is 14.6. The maximum Gasteiger partial charge on any atom is 0.411 e. The van der Waals surface area contributed by atoms with Gasteiger partial charge in [0, 0.05) is 12.6 Å². The number of benzene rings is 1. The normalized spacial score (nSPS) is 18.9. The Hall–Kier alpha value is -1.27. The lowest BCUT2D eigenvalue weighted by atomic mass is 9.87. The molecular weight excluding hydrogens is 271 g/mol. The first-order valence-electron chi connectivity index (χ1n) is 6.65. The summed E-state index contributed by atoms with van der Waals surface area (Å²) in [6.07, 6.45) is -1.36. The summed E-state index contributed by atoms with van der Waals surface area (Å²) in [5.41, 5.74) is 2.22. The summed E-state index contributed by atoms with van der Waals surface area (Å²) in [7, 11) is 0. The van der Waals surface area contributed by atoms with Gasteiger partial charge in [0.25, 0.3) is 0 Å². The first kappa shape index (κ1) is 15.1. The van der Waals surface area contributed by atoms with Gasteiger partial charge in [-0.3, -0.25) is 0 Å². The van der Waals surface area contributed by atoms with Gasteiger partial charge in [0.05, 0.1) is 6.61 Å². The minimum Gasteiger partial charge on any atom is -0.508 e. The van der Waals surface area contributed by atoms with Crippen LogP contribution in [0, 0.1) is 0 Å². The second-order valence-electron chi connectivity index (χ2n) is 4.95. The summed E-state index contributed by atoms with van der Waals surface area (Å²) in [6, 6.07) is 5.36. The molecule has 1 atom stereocenters. The summed E-state index contributed by atoms with van der Waals surface area (Å²) in [4.78, 5) is 0. The predicted octanol–water partition coefficient (Wildman–Crippen LogP) is 2.94. The first-order chi connectivity index (χ1) is 9.46. The third-order valence-corrected chi connectivity index (χ3v) is 3.35. The number of fused-ring (bicyclic) bond motifs is 1. The van der Waals surface area contributed by atoms with E-state index in [9.17, 15) is 18.3 Å². The Bertz CT molecular complexity index is 449. The van der Waals surface area contributed by atoms with Crippen LogP contribution in [0.4, 0.5) is 13.2 Å². The molecule has 0 heterocycles. The van der Waals surface area contributed by atoms with Crippen LogP contribution in [-0.2, 0) is 11.2 Å². The van der Waals surface area contributed by atoms with Gasteiger partial charge in [0.1, 0.15) is 12.4 Å². The van der Waals surface area contributed by atoms with Gasteiger partial charge in [0.2, 0.25) is 0 Å². The van der Waals surface area contributed by atoms with Gasteiger partial charge in [-0.05, 0) is 42.5 Å². The highest BCUT2D eigenvalue weighted by atomic mass is 19.4. The summed E-state index contributed by atoms with van der Waals surface area (Å²) < 4.78 is 40.3. The zero-order valence-corrected chi connectivity index (χ0v) is 11.0. The molecule has 1 aromatic rings. The quantitative estimate of drug-likeness (QED) is 0.819. The van der Waals surface area contributed by atoms with Crippen molar-refractivity contribution in [3.05, 3.63) is 29.3 Å². The molecule has 0 spiro atoms. The van der Waals surface area contributed by atoms with Crippen LogP contribution in [0.15, 0.2) is 18.2 Å². The van der Waals surface area contributed by atoms with Crippen molar-refractivity contribution in [2.75, 3.05) is 19.8 Å². The summed E-state index contributed by atoms with van der Waals surface area (Å²) in [5, 5.41) is 12.7. The van der Waals surface area contributed by atoms with E-state index in [1.807, 2.05) is 6.07 Å². The standard InChI is InChI=1S/C14H18F3NO2/c15-14(16,17)9-20-7-6-18-13-3-1-2-10-4-5-11(19)8-12(10)13/h4-5,8,13,18-19H,1-3,6-7,9H2. The minimum absolute atomic E-state index is 0.0180. The van der Waals surface area contributed by atoms with Gasteiger partial charge in [0.15, 0.2) is 0 Å². The van der Waals surface area contributed by atoms with Crippen LogP contribution in [0.1, 0.15) is 30.0 Å². The van der Waals surface area contributed by atoms with E-state index < -0.39 is 12.8 Å². The van der Waals surface area contributed by atoms with Crippen LogP contribution in [0.5, 0.6) is 5.75 Å². The molecule has 0 aromatic heterocycles. The van der Waals surface area contributed by atoms with Gasteiger partial charge in [-0.1, -0.05) is 6.07 Å². The van der Waals surface area contributed by atoms with E-state index in [0.717, 1.165) is 24.8 Å². The van der Waals surface area contributed by atoms with E-state index in [1.165, 1.54) is 5.56 Å². The number of phenolic OH excluding ortho intramolecular Hbond substituents is 1. The Morgan fingerprint density at radius 3 is 2.90 bits per heavy atom. The lowest BCUT2D eigenvalue weighted by molar-refractivity contribution is -0.173. The molecule has 0 radical (unpaired) electrons. The second-order valence-corrected chi connectivity index (χ2v) is 4.95. The fraction of sp³-hybridized carbons (Fsp3) is 0.571. The second kappa shape index (κ2) is 6.45. The van der Waals surface area contributed by atoms with Crippen LogP contribution in [0.2, 0.25) is 0 Å². The number of nitrogens with one attached hydrogen (secondary N) is 1. The molecule has 0 amide bonds. The van der Waals surface area contributed by atoms with Crippen molar-refractivity contribution in [2.24, 2.45) is 0 Å². The molecule has 0 saturated carbocycles. The van der Waals surface area contributed by atoms with Crippen LogP contribution < -0.4 is 5.32 Å². The Morgan fingerprint density at radius 2 is 2.15 bits per heavy atom. The molecule has 2 rings (SSSR count). The molecule has 20 heavy (non-hydrogen) atoms. The topological polar surface area (TPSA) is 41.5 Å². The molecule has 0 aliphatic heterocycles. The summed E-state index contributed by atoms with van der Waals surface area (Å²) >= 11 is 0. The highest BCUT2D eigenvalue weighted by Crippen LogP contribution is 2.31. The van der Waals surface area contributed by atoms with Gasteiger partial charge >= 0.3 is 6.18 Å². The van der Waals surface area contributed by atoms with E-state index in [2.05, 4.69) is 10.1 Å². The fourth-order valence-electron chi connectivity index (χ4n) is 2.49. The molecule has 1 aromatic carbocycles. The molecule has 6 heteroatoms. The Balaban J connectivity index is 1.82. The van der Waals surface area contributed by atoms with E-state index in [4.69, 9.17) is 0 Å². The van der Waals surface area contributed by atoms with E-state index in [0.29, 0.717) is 6.54 Å². The van der Waals surface area contributed by atoms with E-state index in [1.54, 1.807) is 12.1 Å². The molecule has 1 unspecified atom stereocenters. The lowest BCUT2D eigenvalue weighted by Gasteiger charge is -2.26. The van der Waals surface area contributed by atoms with Crippen LogP contribution >= 0.6 is 0 Å². The molecule has 0 bridgehead atoms. The van der Waals surface area contributed by atoms with Gasteiger partial charge in [-0.25, -0.2) is 0 Å². The van der Waals surface area contributed by atoms with Crippen molar-refractivity contribution in [3.8, 4) is 5.75 Å². The summed E-state index contributed by atoms with van der Waals surface area (Å²) in [6.45, 7) is -0.837. The van der Waals surface area contributed by atoms with Crippen molar-refractivity contribution in [3.63, 3.8) is 0 Å². The molecule has 112 valence electrons. The molecule has 0 fully saturated rings. The maximum atomic E-state index is 11.9. The minimum atomic E-state index is -4.27. The number of hydrogen-bond donors (Lipinski definition) is 2. The van der Waals surface area contributed by atoms with Crippen LogP contribution in [0.25, 0.3) is 0 Å². The Morgan fingerprint density at radius 1 is 1.35 bits per heavy atom. The number of alkyl halides is 3. The van der Waals surface area contributed by atoms with Gasteiger partial charge in [-0.2, -0.15) is 13.2 Å². The van der Waals surface area contributed by atoms with Crippen molar-refractivity contribution in [1.29, 1.82) is 0 Å². The van der Waals surface area contributed by atoms with Crippen LogP contribution in [0.3, 0.4) is 0 Å². The van der Waals surface area contributed by atoms with E-state index in [-0.39, 0.29) is 18.4 Å². The molecule has 1 aliphatic rings. The average molecular weight is 289 g/mol. The molecule has 2 N–H and O–H groups in total. The number of halogens is 3. The number of ether oxygens (including phenoxy) is 1. The Kier molecular flexibility index (Phi) is 4.88. The number of aromatic hydroxyl groups is 1. The SMILES string of the molecule is Oc1ccc2c(c1)C(NCCOCC(F)(F)F)CCC2. The van der Waals surface area contributed by atoms with Crippen molar-refractivity contribution in [2.45, 2.75) is 31.5 Å². The first-order valence-corrected chi connectivity index (χ1v) is 6.65. The monoisotopic (exact) mass is 289 g/mol. The van der Waals surface area contributed by atoms with Crippen molar-refractivity contribution >= 4 is 0 Å². The molecule has 1 aliphatic carbocycles. The maximum absolute atomic E-state index is 11.9. The van der Waals surface area contributed by atoms with Gasteiger partial charge in [-0.15, -0.1) is 0 Å². The highest BCUT2D eigenvalue weighted by molar-refractivity contribution is 5.38.